The Labute approximate surface area is 127 Å². The number of non-ortho nitro benzene ring substituents is 1. The molecule has 1 N–H and O–H groups in total. The van der Waals surface area contributed by atoms with Crippen molar-refractivity contribution in [3.8, 4) is 5.75 Å². The van der Waals surface area contributed by atoms with Gasteiger partial charge in [0.25, 0.3) is 5.69 Å². The lowest BCUT2D eigenvalue weighted by Crippen LogP contribution is -2.08. The van der Waals surface area contributed by atoms with Gasteiger partial charge in [0.1, 0.15) is 12.4 Å². The molecule has 0 fully saturated rings. The fourth-order valence-corrected chi connectivity index (χ4v) is 2.13. The molecule has 0 unspecified atom stereocenters. The van der Waals surface area contributed by atoms with Crippen LogP contribution in [-0.4, -0.2) is 12.0 Å². The second-order valence-corrected chi connectivity index (χ2v) is 4.87. The van der Waals surface area contributed by atoms with Gasteiger partial charge in [0.15, 0.2) is 0 Å². The number of hydrogen-bond acceptors (Lipinski definition) is 4. The van der Waals surface area contributed by atoms with Crippen molar-refractivity contribution in [1.29, 1.82) is 0 Å². The number of benzene rings is 2. The summed E-state index contributed by atoms with van der Waals surface area (Å²) in [5.41, 5.74) is 1.82. The summed E-state index contributed by atoms with van der Waals surface area (Å²) >= 11 is 6.15. The van der Waals surface area contributed by atoms with Crippen LogP contribution in [0.4, 0.5) is 5.69 Å². The minimum absolute atomic E-state index is 0.0670. The highest BCUT2D eigenvalue weighted by atomic mass is 35.5. The van der Waals surface area contributed by atoms with E-state index in [1.807, 2.05) is 25.2 Å². The molecule has 2 rings (SSSR count). The maximum atomic E-state index is 10.6. The summed E-state index contributed by atoms with van der Waals surface area (Å²) in [6.45, 7) is 0.935. The minimum Gasteiger partial charge on any atom is -0.489 e. The highest BCUT2D eigenvalue weighted by Gasteiger charge is 2.08. The van der Waals surface area contributed by atoms with E-state index in [0.29, 0.717) is 23.9 Å². The Morgan fingerprint density at radius 1 is 1.24 bits per heavy atom. The molecule has 0 atom stereocenters. The zero-order chi connectivity index (χ0) is 15.2. The first-order valence-corrected chi connectivity index (χ1v) is 6.77. The summed E-state index contributed by atoms with van der Waals surface area (Å²) in [6.07, 6.45) is 0. The highest BCUT2D eigenvalue weighted by molar-refractivity contribution is 6.31. The van der Waals surface area contributed by atoms with Crippen LogP contribution in [0.25, 0.3) is 0 Å². The van der Waals surface area contributed by atoms with Gasteiger partial charge in [0.05, 0.1) is 4.92 Å². The van der Waals surface area contributed by atoms with Gasteiger partial charge < -0.3 is 10.1 Å². The average Bonchev–Trinajstić information content (AvgIpc) is 2.48. The molecule has 0 saturated carbocycles. The number of nitrogens with one attached hydrogen (secondary N) is 1. The van der Waals surface area contributed by atoms with E-state index in [9.17, 15) is 10.1 Å². The van der Waals surface area contributed by atoms with E-state index in [2.05, 4.69) is 5.32 Å². The van der Waals surface area contributed by atoms with Crippen molar-refractivity contribution in [3.63, 3.8) is 0 Å². The van der Waals surface area contributed by atoms with Crippen molar-refractivity contribution in [1.82, 2.24) is 5.32 Å². The van der Waals surface area contributed by atoms with Crippen LogP contribution in [0, 0.1) is 10.1 Å². The molecule has 2 aromatic rings. The summed E-state index contributed by atoms with van der Waals surface area (Å²) in [4.78, 5) is 10.2. The molecule has 0 heterocycles. The molecule has 0 aliphatic carbocycles. The molecule has 0 saturated heterocycles. The molecule has 0 spiro atoms. The number of ether oxygens (including phenoxy) is 1. The van der Waals surface area contributed by atoms with E-state index >= 15 is 0 Å². The third kappa shape index (κ3) is 3.93. The van der Waals surface area contributed by atoms with E-state index in [4.69, 9.17) is 16.3 Å². The second kappa shape index (κ2) is 7.06. The van der Waals surface area contributed by atoms with Crippen LogP contribution in [0.1, 0.15) is 11.1 Å². The van der Waals surface area contributed by atoms with Crippen molar-refractivity contribution in [3.05, 3.63) is 68.7 Å². The predicted octanol–water partition coefficient (Wildman–Crippen LogP) is 3.55. The van der Waals surface area contributed by atoms with Crippen LogP contribution >= 0.6 is 11.6 Å². The predicted molar refractivity (Wildman–Crippen MR) is 81.6 cm³/mol. The maximum absolute atomic E-state index is 10.6. The quantitative estimate of drug-likeness (QED) is 0.655. The van der Waals surface area contributed by atoms with Crippen LogP contribution in [0.2, 0.25) is 5.02 Å². The molecule has 0 bridgehead atoms. The molecule has 6 heteroatoms. The monoisotopic (exact) mass is 306 g/mol. The van der Waals surface area contributed by atoms with Crippen LogP contribution in [0.3, 0.4) is 0 Å². The Balaban J connectivity index is 2.09. The van der Waals surface area contributed by atoms with E-state index in [1.165, 1.54) is 12.1 Å². The first-order chi connectivity index (χ1) is 10.1. The molecule has 0 aliphatic heterocycles. The lowest BCUT2D eigenvalue weighted by Gasteiger charge is -2.12. The molecule has 21 heavy (non-hydrogen) atoms. The molecule has 0 aromatic heterocycles. The van der Waals surface area contributed by atoms with Crippen LogP contribution in [-0.2, 0) is 13.2 Å². The standard InChI is InChI=1S/C15H15ClN2O3/c1-17-9-13-14(16)3-2-4-15(13)21-10-11-5-7-12(8-6-11)18(19)20/h2-8,17H,9-10H2,1H3. The number of nitro groups is 1. The largest absolute Gasteiger partial charge is 0.489 e. The smallest absolute Gasteiger partial charge is 0.269 e. The third-order valence-corrected chi connectivity index (χ3v) is 3.33. The summed E-state index contributed by atoms with van der Waals surface area (Å²) in [7, 11) is 1.84. The van der Waals surface area contributed by atoms with Crippen molar-refractivity contribution in [2.75, 3.05) is 7.05 Å². The Kier molecular flexibility index (Phi) is 5.14. The number of hydrogen-bond donors (Lipinski definition) is 1. The summed E-state index contributed by atoms with van der Waals surface area (Å²) < 4.78 is 5.76. The number of halogens is 1. The maximum Gasteiger partial charge on any atom is 0.269 e. The molecule has 0 radical (unpaired) electrons. The lowest BCUT2D eigenvalue weighted by atomic mass is 10.2. The summed E-state index contributed by atoms with van der Waals surface area (Å²) in [5, 5.41) is 14.3. The minimum atomic E-state index is -0.424. The third-order valence-electron chi connectivity index (χ3n) is 2.97. The van der Waals surface area contributed by atoms with Gasteiger partial charge in [-0.3, -0.25) is 10.1 Å². The SMILES string of the molecule is CNCc1c(Cl)cccc1OCc1ccc([N+](=O)[O-])cc1. The Bertz CT molecular complexity index is 629. The van der Waals surface area contributed by atoms with Gasteiger partial charge >= 0.3 is 0 Å². The fourth-order valence-electron chi connectivity index (χ4n) is 1.90. The van der Waals surface area contributed by atoms with Gasteiger partial charge in [0.2, 0.25) is 0 Å². The zero-order valence-electron chi connectivity index (χ0n) is 11.5. The van der Waals surface area contributed by atoms with Gasteiger partial charge in [-0.15, -0.1) is 0 Å². The van der Waals surface area contributed by atoms with Gasteiger partial charge in [-0.25, -0.2) is 0 Å². The Hall–Kier alpha value is -2.11. The molecule has 110 valence electrons. The zero-order valence-corrected chi connectivity index (χ0v) is 12.3. The highest BCUT2D eigenvalue weighted by Crippen LogP contribution is 2.27. The van der Waals surface area contributed by atoms with Gasteiger partial charge in [-0.2, -0.15) is 0 Å². The van der Waals surface area contributed by atoms with Crippen molar-refractivity contribution < 1.29 is 9.66 Å². The molecular weight excluding hydrogens is 292 g/mol. The first-order valence-electron chi connectivity index (χ1n) is 6.40. The Morgan fingerprint density at radius 2 is 1.95 bits per heavy atom. The summed E-state index contributed by atoms with van der Waals surface area (Å²) in [5.74, 6) is 0.704. The van der Waals surface area contributed by atoms with Gasteiger partial charge in [0, 0.05) is 29.3 Å². The second-order valence-electron chi connectivity index (χ2n) is 4.46. The molecule has 0 amide bonds. The number of nitro benzene ring substituents is 1. The normalized spacial score (nSPS) is 10.4. The fraction of sp³-hybridized carbons (Fsp3) is 0.200. The van der Waals surface area contributed by atoms with E-state index in [-0.39, 0.29) is 5.69 Å². The first kappa shape index (κ1) is 15.3. The average molecular weight is 307 g/mol. The number of rotatable bonds is 6. The van der Waals surface area contributed by atoms with E-state index in [0.717, 1.165) is 11.1 Å². The molecule has 5 nitrogen and oxygen atoms in total. The molecule has 0 aliphatic rings. The van der Waals surface area contributed by atoms with Crippen LogP contribution < -0.4 is 10.1 Å². The van der Waals surface area contributed by atoms with Crippen molar-refractivity contribution in [2.24, 2.45) is 0 Å². The van der Waals surface area contributed by atoms with E-state index in [1.54, 1.807) is 12.1 Å². The Morgan fingerprint density at radius 3 is 2.57 bits per heavy atom. The molecular formula is C15H15ClN2O3. The van der Waals surface area contributed by atoms with Gasteiger partial charge in [-0.1, -0.05) is 17.7 Å². The van der Waals surface area contributed by atoms with Crippen molar-refractivity contribution in [2.45, 2.75) is 13.2 Å². The number of nitrogens with zero attached hydrogens (tertiary/aromatic N) is 1. The van der Waals surface area contributed by atoms with E-state index < -0.39 is 4.92 Å². The summed E-state index contributed by atoms with van der Waals surface area (Å²) in [6, 6.07) is 11.8. The topological polar surface area (TPSA) is 64.4 Å². The van der Waals surface area contributed by atoms with Crippen LogP contribution in [0.15, 0.2) is 42.5 Å². The molecule has 2 aromatic carbocycles. The lowest BCUT2D eigenvalue weighted by molar-refractivity contribution is -0.384. The van der Waals surface area contributed by atoms with Gasteiger partial charge in [-0.05, 0) is 36.9 Å². The van der Waals surface area contributed by atoms with Crippen LogP contribution in [0.5, 0.6) is 5.75 Å². The van der Waals surface area contributed by atoms with Crippen molar-refractivity contribution >= 4 is 17.3 Å².